The van der Waals surface area contributed by atoms with Gasteiger partial charge in [0.25, 0.3) is 17.6 Å². The van der Waals surface area contributed by atoms with Gasteiger partial charge in [0.2, 0.25) is 6.10 Å². The van der Waals surface area contributed by atoms with Gasteiger partial charge in [-0.2, -0.15) is 0 Å². The topological polar surface area (TPSA) is 93.2 Å². The van der Waals surface area contributed by atoms with Crippen LogP contribution in [0.3, 0.4) is 0 Å². The SMILES string of the molecule is O=C(CN1C(=O)C(=O)c2ccccc21)O[C@@H](C(=O)N1CCOCC1)c1ccccc1. The van der Waals surface area contributed by atoms with E-state index in [0.717, 1.165) is 4.90 Å². The van der Waals surface area contributed by atoms with Gasteiger partial charge in [-0.1, -0.05) is 42.5 Å². The van der Waals surface area contributed by atoms with Gasteiger partial charge in [-0.25, -0.2) is 0 Å². The van der Waals surface area contributed by atoms with Crippen LogP contribution in [-0.2, 0) is 23.9 Å². The molecule has 0 bridgehead atoms. The van der Waals surface area contributed by atoms with Crippen LogP contribution in [0.25, 0.3) is 0 Å². The van der Waals surface area contributed by atoms with Gasteiger partial charge in [-0.3, -0.25) is 24.1 Å². The van der Waals surface area contributed by atoms with E-state index in [1.165, 1.54) is 6.07 Å². The van der Waals surface area contributed by atoms with Crippen LogP contribution >= 0.6 is 0 Å². The lowest BCUT2D eigenvalue weighted by Crippen LogP contribution is -2.44. The number of rotatable bonds is 5. The fourth-order valence-corrected chi connectivity index (χ4v) is 3.54. The zero-order chi connectivity index (χ0) is 21.1. The van der Waals surface area contributed by atoms with Crippen molar-refractivity contribution in [2.24, 2.45) is 0 Å². The second-order valence-corrected chi connectivity index (χ2v) is 6.96. The molecule has 4 rings (SSSR count). The summed E-state index contributed by atoms with van der Waals surface area (Å²) in [6.07, 6.45) is -1.14. The molecule has 0 spiro atoms. The highest BCUT2D eigenvalue weighted by atomic mass is 16.5. The molecule has 8 nitrogen and oxygen atoms in total. The number of ketones is 1. The normalized spacial score (nSPS) is 16.9. The summed E-state index contributed by atoms with van der Waals surface area (Å²) in [4.78, 5) is 52.9. The molecular formula is C22H20N2O6. The molecule has 0 aromatic heterocycles. The number of carbonyl (C=O) groups is 4. The van der Waals surface area contributed by atoms with Gasteiger partial charge >= 0.3 is 5.97 Å². The summed E-state index contributed by atoms with van der Waals surface area (Å²) < 4.78 is 10.8. The van der Waals surface area contributed by atoms with Gasteiger partial charge < -0.3 is 14.4 Å². The Labute approximate surface area is 173 Å². The maximum absolute atomic E-state index is 13.0. The number of hydrogen-bond acceptors (Lipinski definition) is 6. The molecule has 2 aromatic carbocycles. The summed E-state index contributed by atoms with van der Waals surface area (Å²) in [7, 11) is 0. The molecule has 2 aliphatic rings. The molecule has 2 aromatic rings. The Bertz CT molecular complexity index is 984. The first-order valence-corrected chi connectivity index (χ1v) is 9.62. The van der Waals surface area contributed by atoms with E-state index in [9.17, 15) is 19.2 Å². The third-order valence-electron chi connectivity index (χ3n) is 5.06. The summed E-state index contributed by atoms with van der Waals surface area (Å²) in [6.45, 7) is 1.20. The summed E-state index contributed by atoms with van der Waals surface area (Å²) in [5.74, 6) is -2.57. The number of nitrogens with zero attached hydrogens (tertiary/aromatic N) is 2. The molecule has 1 fully saturated rings. The van der Waals surface area contributed by atoms with Gasteiger partial charge in [-0.15, -0.1) is 0 Å². The van der Waals surface area contributed by atoms with Crippen LogP contribution < -0.4 is 4.90 Å². The second kappa shape index (κ2) is 8.46. The highest BCUT2D eigenvalue weighted by Crippen LogP contribution is 2.29. The first-order chi connectivity index (χ1) is 14.6. The highest BCUT2D eigenvalue weighted by molar-refractivity contribution is 6.52. The highest BCUT2D eigenvalue weighted by Gasteiger charge is 2.38. The van der Waals surface area contributed by atoms with Gasteiger partial charge in [0, 0.05) is 18.7 Å². The molecule has 154 valence electrons. The van der Waals surface area contributed by atoms with Crippen molar-refractivity contribution in [1.29, 1.82) is 0 Å². The minimum Gasteiger partial charge on any atom is -0.446 e. The van der Waals surface area contributed by atoms with Crippen LogP contribution in [0.1, 0.15) is 22.0 Å². The van der Waals surface area contributed by atoms with E-state index >= 15 is 0 Å². The predicted molar refractivity (Wildman–Crippen MR) is 106 cm³/mol. The van der Waals surface area contributed by atoms with Crippen LogP contribution in [0.15, 0.2) is 54.6 Å². The Kier molecular flexibility index (Phi) is 5.58. The minimum atomic E-state index is -1.14. The number of anilines is 1. The van der Waals surface area contributed by atoms with Gasteiger partial charge in [-0.05, 0) is 12.1 Å². The number of fused-ring (bicyclic) bond motifs is 1. The van der Waals surface area contributed by atoms with Gasteiger partial charge in [0.05, 0.1) is 24.5 Å². The van der Waals surface area contributed by atoms with Gasteiger partial charge in [0.1, 0.15) is 6.54 Å². The average Bonchev–Trinajstić information content (AvgIpc) is 3.03. The molecule has 2 amide bonds. The lowest BCUT2D eigenvalue weighted by atomic mass is 10.1. The second-order valence-electron chi connectivity index (χ2n) is 6.96. The number of amides is 2. The van der Waals surface area contributed by atoms with Crippen molar-refractivity contribution in [2.75, 3.05) is 37.7 Å². The number of morpholine rings is 1. The first-order valence-electron chi connectivity index (χ1n) is 9.62. The molecule has 0 aliphatic carbocycles. The molecule has 0 N–H and O–H groups in total. The Morgan fingerprint density at radius 1 is 0.967 bits per heavy atom. The van der Waals surface area contributed by atoms with Crippen molar-refractivity contribution < 1.29 is 28.7 Å². The average molecular weight is 408 g/mol. The number of benzene rings is 2. The van der Waals surface area contributed by atoms with Crippen molar-refractivity contribution in [1.82, 2.24) is 4.90 Å². The van der Waals surface area contributed by atoms with E-state index in [0.29, 0.717) is 37.6 Å². The van der Waals surface area contributed by atoms with Gasteiger partial charge in [0.15, 0.2) is 0 Å². The van der Waals surface area contributed by atoms with E-state index in [-0.39, 0.29) is 11.5 Å². The molecule has 1 atom stereocenters. The van der Waals surface area contributed by atoms with Crippen LogP contribution in [0.4, 0.5) is 5.69 Å². The van der Waals surface area contributed by atoms with Crippen molar-refractivity contribution in [3.63, 3.8) is 0 Å². The third-order valence-corrected chi connectivity index (χ3v) is 5.06. The molecule has 2 heterocycles. The summed E-state index contributed by atoms with van der Waals surface area (Å²) in [5, 5.41) is 0. The van der Waals surface area contributed by atoms with Crippen molar-refractivity contribution in [3.05, 3.63) is 65.7 Å². The third kappa shape index (κ3) is 3.81. The predicted octanol–water partition coefficient (Wildman–Crippen LogP) is 1.36. The maximum Gasteiger partial charge on any atom is 0.327 e. The smallest absolute Gasteiger partial charge is 0.327 e. The van der Waals surface area contributed by atoms with Crippen LogP contribution in [0, 0.1) is 0 Å². The fourth-order valence-electron chi connectivity index (χ4n) is 3.54. The first kappa shape index (κ1) is 19.8. The van der Waals surface area contributed by atoms with Crippen LogP contribution in [0.5, 0.6) is 0 Å². The number of ether oxygens (including phenoxy) is 2. The number of hydrogen-bond donors (Lipinski definition) is 0. The molecule has 0 unspecified atom stereocenters. The number of carbonyl (C=O) groups excluding carboxylic acids is 4. The molecule has 0 radical (unpaired) electrons. The van der Waals surface area contributed by atoms with Crippen molar-refractivity contribution >= 4 is 29.3 Å². The molecule has 0 saturated carbocycles. The summed E-state index contributed by atoms with van der Waals surface area (Å²) >= 11 is 0. The lowest BCUT2D eigenvalue weighted by molar-refractivity contribution is -0.161. The molecule has 1 saturated heterocycles. The summed E-state index contributed by atoms with van der Waals surface area (Å²) in [6, 6.07) is 15.2. The zero-order valence-corrected chi connectivity index (χ0v) is 16.2. The Morgan fingerprint density at radius 2 is 1.63 bits per heavy atom. The van der Waals surface area contributed by atoms with Crippen molar-refractivity contribution in [2.45, 2.75) is 6.10 Å². The van der Waals surface area contributed by atoms with Crippen LogP contribution in [0.2, 0.25) is 0 Å². The number of Topliss-reactive ketones (excluding diaryl/α,β-unsaturated/α-hetero) is 1. The Hall–Kier alpha value is -3.52. The summed E-state index contributed by atoms with van der Waals surface area (Å²) in [5.41, 5.74) is 1.14. The quantitative estimate of drug-likeness (QED) is 0.548. The van der Waals surface area contributed by atoms with E-state index in [4.69, 9.17) is 9.47 Å². The Balaban J connectivity index is 1.53. The number of esters is 1. The molecule has 8 heteroatoms. The monoisotopic (exact) mass is 408 g/mol. The lowest BCUT2D eigenvalue weighted by Gasteiger charge is -2.30. The van der Waals surface area contributed by atoms with Crippen molar-refractivity contribution in [3.8, 4) is 0 Å². The largest absolute Gasteiger partial charge is 0.446 e. The molecule has 2 aliphatic heterocycles. The van der Waals surface area contributed by atoms with E-state index in [1.807, 2.05) is 0 Å². The van der Waals surface area contributed by atoms with E-state index in [1.54, 1.807) is 53.4 Å². The molecule has 30 heavy (non-hydrogen) atoms. The fraction of sp³-hybridized carbons (Fsp3) is 0.273. The minimum absolute atomic E-state index is 0.249. The van der Waals surface area contributed by atoms with E-state index in [2.05, 4.69) is 0 Å². The standard InChI is InChI=1S/C22H20N2O6/c25-18(14-24-17-9-5-4-8-16(17)19(26)21(24)27)30-20(15-6-2-1-3-7-15)22(28)23-10-12-29-13-11-23/h1-9,20H,10-14H2/t20-/m1/s1. The Morgan fingerprint density at radius 3 is 2.37 bits per heavy atom. The maximum atomic E-state index is 13.0. The van der Waals surface area contributed by atoms with Crippen LogP contribution in [-0.4, -0.2) is 61.3 Å². The molecular weight excluding hydrogens is 388 g/mol. The number of para-hydroxylation sites is 1. The zero-order valence-electron chi connectivity index (χ0n) is 16.2. The van der Waals surface area contributed by atoms with E-state index < -0.39 is 30.3 Å².